The SMILES string of the molecule is CCSCc1noc(CNC2CCS(=O)(=O)C2)n1. The maximum atomic E-state index is 11.3. The number of thioether (sulfide) groups is 1. The van der Waals surface area contributed by atoms with Crippen LogP contribution in [-0.2, 0) is 22.1 Å². The van der Waals surface area contributed by atoms with E-state index in [1.165, 1.54) is 0 Å². The third kappa shape index (κ3) is 3.96. The molecule has 1 aromatic rings. The van der Waals surface area contributed by atoms with E-state index >= 15 is 0 Å². The molecule has 102 valence electrons. The van der Waals surface area contributed by atoms with Crippen LogP contribution in [0.4, 0.5) is 0 Å². The fourth-order valence-corrected chi connectivity index (χ4v) is 4.01. The summed E-state index contributed by atoms with van der Waals surface area (Å²) in [6.45, 7) is 2.51. The zero-order valence-corrected chi connectivity index (χ0v) is 11.9. The van der Waals surface area contributed by atoms with Gasteiger partial charge in [0.25, 0.3) is 0 Å². The zero-order chi connectivity index (χ0) is 13.0. The summed E-state index contributed by atoms with van der Waals surface area (Å²) in [4.78, 5) is 4.23. The summed E-state index contributed by atoms with van der Waals surface area (Å²) in [6, 6.07) is 0.00960. The number of hydrogen-bond donors (Lipinski definition) is 1. The summed E-state index contributed by atoms with van der Waals surface area (Å²) in [5.41, 5.74) is 0. The molecule has 8 heteroatoms. The van der Waals surface area contributed by atoms with E-state index in [9.17, 15) is 8.42 Å². The average Bonchev–Trinajstić information content (AvgIpc) is 2.90. The van der Waals surface area contributed by atoms with Crippen molar-refractivity contribution in [3.8, 4) is 0 Å². The van der Waals surface area contributed by atoms with Gasteiger partial charge in [-0.1, -0.05) is 12.1 Å². The van der Waals surface area contributed by atoms with E-state index in [-0.39, 0.29) is 17.5 Å². The second-order valence-corrected chi connectivity index (χ2v) is 7.73. The Labute approximate surface area is 111 Å². The van der Waals surface area contributed by atoms with Gasteiger partial charge in [-0.15, -0.1) is 0 Å². The second kappa shape index (κ2) is 6.03. The van der Waals surface area contributed by atoms with Gasteiger partial charge in [-0.3, -0.25) is 0 Å². The van der Waals surface area contributed by atoms with Gasteiger partial charge in [0.1, 0.15) is 0 Å². The first-order chi connectivity index (χ1) is 8.59. The van der Waals surface area contributed by atoms with Crippen LogP contribution in [-0.4, -0.2) is 41.9 Å². The first kappa shape index (κ1) is 13.8. The van der Waals surface area contributed by atoms with Gasteiger partial charge in [0.15, 0.2) is 15.7 Å². The van der Waals surface area contributed by atoms with E-state index < -0.39 is 9.84 Å². The normalized spacial score (nSPS) is 22.4. The lowest BCUT2D eigenvalue weighted by molar-refractivity contribution is 0.357. The van der Waals surface area contributed by atoms with Gasteiger partial charge >= 0.3 is 0 Å². The highest BCUT2D eigenvalue weighted by molar-refractivity contribution is 7.98. The lowest BCUT2D eigenvalue weighted by Gasteiger charge is -2.07. The van der Waals surface area contributed by atoms with Crippen LogP contribution in [0.15, 0.2) is 4.52 Å². The summed E-state index contributed by atoms with van der Waals surface area (Å²) in [5, 5.41) is 7.00. The third-order valence-electron chi connectivity index (χ3n) is 2.72. The van der Waals surface area contributed by atoms with E-state index in [4.69, 9.17) is 4.52 Å². The smallest absolute Gasteiger partial charge is 0.240 e. The summed E-state index contributed by atoms with van der Waals surface area (Å²) in [7, 11) is -2.84. The van der Waals surface area contributed by atoms with Crippen LogP contribution in [0.25, 0.3) is 0 Å². The van der Waals surface area contributed by atoms with Crippen LogP contribution in [0.1, 0.15) is 25.1 Å². The van der Waals surface area contributed by atoms with E-state index in [1.807, 2.05) is 0 Å². The van der Waals surface area contributed by atoms with Gasteiger partial charge in [-0.05, 0) is 12.2 Å². The molecule has 0 amide bonds. The maximum Gasteiger partial charge on any atom is 0.240 e. The van der Waals surface area contributed by atoms with Crippen LogP contribution in [0.3, 0.4) is 0 Å². The quantitative estimate of drug-likeness (QED) is 0.821. The number of nitrogens with zero attached hydrogens (tertiary/aromatic N) is 2. The van der Waals surface area contributed by atoms with Crippen LogP contribution < -0.4 is 5.32 Å². The fourth-order valence-electron chi connectivity index (χ4n) is 1.80. The van der Waals surface area contributed by atoms with E-state index in [2.05, 4.69) is 22.4 Å². The van der Waals surface area contributed by atoms with Crippen molar-refractivity contribution in [3.05, 3.63) is 11.7 Å². The molecule has 6 nitrogen and oxygen atoms in total. The monoisotopic (exact) mass is 291 g/mol. The Morgan fingerprint density at radius 1 is 1.56 bits per heavy atom. The molecule has 0 aromatic carbocycles. The van der Waals surface area contributed by atoms with Crippen LogP contribution in [0.5, 0.6) is 0 Å². The predicted molar refractivity (Wildman–Crippen MR) is 70.0 cm³/mol. The van der Waals surface area contributed by atoms with Crippen LogP contribution in [0, 0.1) is 0 Å². The van der Waals surface area contributed by atoms with Crippen molar-refractivity contribution < 1.29 is 12.9 Å². The molecular weight excluding hydrogens is 274 g/mol. The van der Waals surface area contributed by atoms with E-state index in [0.717, 1.165) is 11.5 Å². The van der Waals surface area contributed by atoms with Gasteiger partial charge in [0, 0.05) is 6.04 Å². The Kier molecular flexibility index (Phi) is 4.63. The average molecular weight is 291 g/mol. The molecule has 0 aliphatic carbocycles. The minimum absolute atomic E-state index is 0.00960. The molecule has 1 unspecified atom stereocenters. The molecule has 1 aromatic heterocycles. The van der Waals surface area contributed by atoms with Gasteiger partial charge in [0.2, 0.25) is 5.89 Å². The Bertz CT molecular complexity index is 486. The summed E-state index contributed by atoms with van der Waals surface area (Å²) < 4.78 is 27.6. The zero-order valence-electron chi connectivity index (χ0n) is 10.3. The molecule has 0 saturated carbocycles. The molecule has 0 bridgehead atoms. The molecule has 0 radical (unpaired) electrons. The summed E-state index contributed by atoms with van der Waals surface area (Å²) in [5.74, 6) is 3.45. The molecule has 0 spiro atoms. The van der Waals surface area contributed by atoms with Crippen molar-refractivity contribution in [2.24, 2.45) is 0 Å². The highest BCUT2D eigenvalue weighted by Crippen LogP contribution is 2.12. The number of rotatable bonds is 6. The topological polar surface area (TPSA) is 85.1 Å². The largest absolute Gasteiger partial charge is 0.338 e. The number of sulfone groups is 1. The van der Waals surface area contributed by atoms with E-state index in [0.29, 0.717) is 24.7 Å². The molecule has 2 heterocycles. The number of nitrogens with one attached hydrogen (secondary N) is 1. The predicted octanol–water partition coefficient (Wildman–Crippen LogP) is 0.599. The van der Waals surface area contributed by atoms with E-state index in [1.54, 1.807) is 11.8 Å². The Morgan fingerprint density at radius 2 is 2.39 bits per heavy atom. The molecule has 1 aliphatic rings. The molecule has 1 atom stereocenters. The highest BCUT2D eigenvalue weighted by atomic mass is 32.2. The van der Waals surface area contributed by atoms with Crippen molar-refractivity contribution in [3.63, 3.8) is 0 Å². The first-order valence-corrected chi connectivity index (χ1v) is 8.89. The molecule has 1 aliphatic heterocycles. The number of aromatic nitrogens is 2. The maximum absolute atomic E-state index is 11.3. The highest BCUT2D eigenvalue weighted by Gasteiger charge is 2.27. The molecule has 1 saturated heterocycles. The minimum Gasteiger partial charge on any atom is -0.338 e. The van der Waals surface area contributed by atoms with Crippen molar-refractivity contribution in [1.82, 2.24) is 15.5 Å². The van der Waals surface area contributed by atoms with Gasteiger partial charge in [-0.25, -0.2) is 8.42 Å². The van der Waals surface area contributed by atoms with Crippen molar-refractivity contribution in [2.75, 3.05) is 17.3 Å². The lowest BCUT2D eigenvalue weighted by atomic mass is 10.3. The van der Waals surface area contributed by atoms with Gasteiger partial charge in [-0.2, -0.15) is 16.7 Å². The molecule has 18 heavy (non-hydrogen) atoms. The second-order valence-electron chi connectivity index (χ2n) is 4.22. The molecule has 1 fully saturated rings. The standard InChI is InChI=1S/C10H17N3O3S2/c1-2-17-6-9-12-10(16-13-9)5-11-8-3-4-18(14,15)7-8/h8,11H,2-7H2,1H3. The Balaban J connectivity index is 1.78. The van der Waals surface area contributed by atoms with Crippen molar-refractivity contribution >= 4 is 21.6 Å². The minimum atomic E-state index is -2.84. The van der Waals surface area contributed by atoms with Crippen molar-refractivity contribution in [1.29, 1.82) is 0 Å². The Morgan fingerprint density at radius 3 is 3.06 bits per heavy atom. The Hall–Kier alpha value is -0.600. The molecular formula is C10H17N3O3S2. The molecule has 1 N–H and O–H groups in total. The first-order valence-electron chi connectivity index (χ1n) is 5.92. The number of hydrogen-bond acceptors (Lipinski definition) is 7. The summed E-state index contributed by atoms with van der Waals surface area (Å²) in [6.07, 6.45) is 0.662. The molecule has 2 rings (SSSR count). The van der Waals surface area contributed by atoms with Crippen molar-refractivity contribution in [2.45, 2.75) is 31.7 Å². The lowest BCUT2D eigenvalue weighted by Crippen LogP contribution is -2.29. The van der Waals surface area contributed by atoms with Crippen LogP contribution >= 0.6 is 11.8 Å². The third-order valence-corrected chi connectivity index (χ3v) is 5.36. The summed E-state index contributed by atoms with van der Waals surface area (Å²) >= 11 is 1.73. The fraction of sp³-hybridized carbons (Fsp3) is 0.800. The van der Waals surface area contributed by atoms with Gasteiger partial charge in [0.05, 0.1) is 23.8 Å². The van der Waals surface area contributed by atoms with Crippen LogP contribution in [0.2, 0.25) is 0 Å². The van der Waals surface area contributed by atoms with Gasteiger partial charge < -0.3 is 9.84 Å².